The number of nitrogens with zero attached hydrogens (tertiary/aromatic N) is 2. The topological polar surface area (TPSA) is 86.4 Å². The molecule has 3 aromatic carbocycles. The van der Waals surface area contributed by atoms with Crippen LogP contribution in [0.2, 0.25) is 0 Å². The number of carbonyl (C=O) groups is 2. The Morgan fingerprint density at radius 1 is 0.917 bits per heavy atom. The number of esters is 1. The quantitative estimate of drug-likeness (QED) is 0.296. The van der Waals surface area contributed by atoms with Gasteiger partial charge in [-0.1, -0.05) is 42.5 Å². The molecule has 2 heterocycles. The number of hydrogen-bond donors (Lipinski definition) is 1. The summed E-state index contributed by atoms with van der Waals surface area (Å²) < 4.78 is 26.4. The first-order chi connectivity index (χ1) is 17.5. The Labute approximate surface area is 205 Å². The molecule has 5 aromatic rings. The van der Waals surface area contributed by atoms with Gasteiger partial charge in [0.2, 0.25) is 5.88 Å². The molecule has 178 valence electrons. The number of amides is 1. The standard InChI is InChI=1S/C28H20FN3O4/c1-18(33)36-28-25(19-12-14-22(15-13-19)30-27(34)24-11-6-16-35-24)26(20-7-5-8-21(29)17-20)31-32(28)23-9-3-2-4-10-23/h2-17H,1H3,(H,30,34). The van der Waals surface area contributed by atoms with E-state index in [-0.39, 0.29) is 17.5 Å². The number of rotatable bonds is 6. The highest BCUT2D eigenvalue weighted by Crippen LogP contribution is 2.41. The molecule has 0 bridgehead atoms. The van der Waals surface area contributed by atoms with E-state index in [1.807, 2.05) is 30.3 Å². The van der Waals surface area contributed by atoms with Crippen molar-refractivity contribution in [2.75, 3.05) is 5.32 Å². The first-order valence-corrected chi connectivity index (χ1v) is 11.1. The van der Waals surface area contributed by atoms with E-state index in [2.05, 4.69) is 5.32 Å². The van der Waals surface area contributed by atoms with Gasteiger partial charge in [0.05, 0.1) is 17.5 Å². The van der Waals surface area contributed by atoms with Crippen molar-refractivity contribution in [1.29, 1.82) is 0 Å². The van der Waals surface area contributed by atoms with E-state index in [1.165, 1.54) is 30.0 Å². The van der Waals surface area contributed by atoms with E-state index < -0.39 is 11.8 Å². The highest BCUT2D eigenvalue weighted by molar-refractivity contribution is 6.02. The minimum Gasteiger partial charge on any atom is -0.459 e. The van der Waals surface area contributed by atoms with E-state index in [1.54, 1.807) is 48.5 Å². The fourth-order valence-corrected chi connectivity index (χ4v) is 3.80. The molecule has 0 fully saturated rings. The van der Waals surface area contributed by atoms with Gasteiger partial charge in [0.1, 0.15) is 11.5 Å². The van der Waals surface area contributed by atoms with Gasteiger partial charge >= 0.3 is 5.97 Å². The van der Waals surface area contributed by atoms with Gasteiger partial charge in [0, 0.05) is 18.2 Å². The molecule has 0 aliphatic heterocycles. The Kier molecular flexibility index (Phi) is 6.15. The molecule has 1 amide bonds. The van der Waals surface area contributed by atoms with Crippen molar-refractivity contribution in [2.45, 2.75) is 6.92 Å². The highest BCUT2D eigenvalue weighted by Gasteiger charge is 2.25. The van der Waals surface area contributed by atoms with Crippen molar-refractivity contribution in [3.05, 3.63) is 109 Å². The summed E-state index contributed by atoms with van der Waals surface area (Å²) in [7, 11) is 0. The number of aromatic nitrogens is 2. The second kappa shape index (κ2) is 9.71. The molecule has 0 radical (unpaired) electrons. The number of hydrogen-bond acceptors (Lipinski definition) is 5. The second-order valence-electron chi connectivity index (χ2n) is 7.89. The van der Waals surface area contributed by atoms with Crippen LogP contribution in [-0.4, -0.2) is 21.7 Å². The predicted molar refractivity (Wildman–Crippen MR) is 132 cm³/mol. The van der Waals surface area contributed by atoms with Gasteiger partial charge in [0.15, 0.2) is 5.76 Å². The lowest BCUT2D eigenvalue weighted by molar-refractivity contribution is -0.132. The van der Waals surface area contributed by atoms with Crippen LogP contribution in [0.1, 0.15) is 17.5 Å². The zero-order chi connectivity index (χ0) is 25.1. The van der Waals surface area contributed by atoms with Crippen molar-refractivity contribution in [3.8, 4) is 34.0 Å². The fraction of sp³-hybridized carbons (Fsp3) is 0.0357. The molecule has 0 saturated heterocycles. The normalized spacial score (nSPS) is 10.7. The zero-order valence-corrected chi connectivity index (χ0v) is 19.1. The summed E-state index contributed by atoms with van der Waals surface area (Å²) in [6, 6.07) is 25.4. The van der Waals surface area contributed by atoms with Gasteiger partial charge < -0.3 is 14.5 Å². The number of carbonyl (C=O) groups excluding carboxylic acids is 2. The van der Waals surface area contributed by atoms with Gasteiger partial charge in [-0.3, -0.25) is 9.59 Å². The van der Waals surface area contributed by atoms with E-state index in [0.29, 0.717) is 33.8 Å². The Morgan fingerprint density at radius 3 is 2.36 bits per heavy atom. The molecule has 0 aliphatic rings. The summed E-state index contributed by atoms with van der Waals surface area (Å²) in [6.45, 7) is 1.31. The minimum absolute atomic E-state index is 0.189. The van der Waals surface area contributed by atoms with Crippen LogP contribution < -0.4 is 10.1 Å². The van der Waals surface area contributed by atoms with Crippen LogP contribution in [-0.2, 0) is 4.79 Å². The largest absolute Gasteiger partial charge is 0.459 e. The van der Waals surface area contributed by atoms with Crippen molar-refractivity contribution < 1.29 is 23.1 Å². The highest BCUT2D eigenvalue weighted by atomic mass is 19.1. The van der Waals surface area contributed by atoms with Gasteiger partial charge in [-0.15, -0.1) is 0 Å². The SMILES string of the molecule is CC(=O)Oc1c(-c2ccc(NC(=O)c3ccco3)cc2)c(-c2cccc(F)c2)nn1-c1ccccc1. The van der Waals surface area contributed by atoms with Crippen LogP contribution in [0.4, 0.5) is 10.1 Å². The maximum absolute atomic E-state index is 14.2. The van der Waals surface area contributed by atoms with Gasteiger partial charge in [0.25, 0.3) is 5.91 Å². The lowest BCUT2D eigenvalue weighted by atomic mass is 10.0. The van der Waals surface area contributed by atoms with Gasteiger partial charge in [-0.2, -0.15) is 9.78 Å². The van der Waals surface area contributed by atoms with Crippen molar-refractivity contribution in [1.82, 2.24) is 9.78 Å². The van der Waals surface area contributed by atoms with Crippen LogP contribution in [0.5, 0.6) is 5.88 Å². The number of para-hydroxylation sites is 1. The molecule has 1 N–H and O–H groups in total. The third-order valence-corrected chi connectivity index (χ3v) is 5.36. The second-order valence-corrected chi connectivity index (χ2v) is 7.89. The smallest absolute Gasteiger partial charge is 0.309 e. The molecule has 2 aromatic heterocycles. The van der Waals surface area contributed by atoms with Crippen molar-refractivity contribution >= 4 is 17.6 Å². The van der Waals surface area contributed by atoms with Crippen LogP contribution in [0.15, 0.2) is 102 Å². The monoisotopic (exact) mass is 481 g/mol. The molecule has 5 rings (SSSR count). The number of benzene rings is 3. The Balaban J connectivity index is 1.63. The van der Waals surface area contributed by atoms with Crippen molar-refractivity contribution in [2.24, 2.45) is 0 Å². The first kappa shape index (κ1) is 22.8. The summed E-state index contributed by atoms with van der Waals surface area (Å²) >= 11 is 0. The maximum atomic E-state index is 14.2. The molecule has 0 saturated carbocycles. The van der Waals surface area contributed by atoms with E-state index >= 15 is 0 Å². The Morgan fingerprint density at radius 2 is 1.69 bits per heavy atom. The minimum atomic E-state index is -0.526. The summed E-state index contributed by atoms with van der Waals surface area (Å²) in [4.78, 5) is 24.4. The predicted octanol–water partition coefficient (Wildman–Crippen LogP) is 6.12. The third kappa shape index (κ3) is 4.65. The fourth-order valence-electron chi connectivity index (χ4n) is 3.80. The number of ether oxygens (including phenoxy) is 1. The van der Waals surface area contributed by atoms with Crippen molar-refractivity contribution in [3.63, 3.8) is 0 Å². The summed E-state index contributed by atoms with van der Waals surface area (Å²) in [6.07, 6.45) is 1.42. The first-order valence-electron chi connectivity index (χ1n) is 11.1. The molecule has 36 heavy (non-hydrogen) atoms. The average Bonchev–Trinajstić information content (AvgIpc) is 3.54. The maximum Gasteiger partial charge on any atom is 0.309 e. The summed E-state index contributed by atoms with van der Waals surface area (Å²) in [5.41, 5.74) is 3.31. The number of halogens is 1. The summed E-state index contributed by atoms with van der Waals surface area (Å²) in [5.74, 6) is -0.945. The van der Waals surface area contributed by atoms with Gasteiger partial charge in [-0.05, 0) is 54.1 Å². The molecule has 0 aliphatic carbocycles. The molecule has 0 spiro atoms. The number of anilines is 1. The third-order valence-electron chi connectivity index (χ3n) is 5.36. The number of nitrogens with one attached hydrogen (secondary N) is 1. The molecule has 7 nitrogen and oxygen atoms in total. The molecule has 8 heteroatoms. The van der Waals surface area contributed by atoms with Crippen LogP contribution >= 0.6 is 0 Å². The Hall–Kier alpha value is -4.98. The van der Waals surface area contributed by atoms with Crippen LogP contribution in [0, 0.1) is 5.82 Å². The average molecular weight is 481 g/mol. The molecular weight excluding hydrogens is 461 g/mol. The van der Waals surface area contributed by atoms with E-state index in [0.717, 1.165) is 0 Å². The Bertz CT molecular complexity index is 1530. The summed E-state index contributed by atoms with van der Waals surface area (Å²) in [5, 5.41) is 7.48. The van der Waals surface area contributed by atoms with E-state index in [4.69, 9.17) is 14.3 Å². The number of furan rings is 1. The molecule has 0 atom stereocenters. The van der Waals surface area contributed by atoms with Gasteiger partial charge in [-0.25, -0.2) is 4.39 Å². The molecule has 0 unspecified atom stereocenters. The lowest BCUT2D eigenvalue weighted by Crippen LogP contribution is -2.10. The zero-order valence-electron chi connectivity index (χ0n) is 19.1. The van der Waals surface area contributed by atoms with Crippen LogP contribution in [0.3, 0.4) is 0 Å². The van der Waals surface area contributed by atoms with E-state index in [9.17, 15) is 14.0 Å². The van der Waals surface area contributed by atoms with Crippen LogP contribution in [0.25, 0.3) is 28.1 Å². The molecular formula is C28H20FN3O4. The lowest BCUT2D eigenvalue weighted by Gasteiger charge is -2.10.